The molecule has 1 aliphatic carbocycles. The van der Waals surface area contributed by atoms with E-state index >= 15 is 0 Å². The number of hydrogen-bond acceptors (Lipinski definition) is 4. The van der Waals surface area contributed by atoms with Crippen LogP contribution >= 0.6 is 23.4 Å². The number of nitrogens with zero attached hydrogens (tertiary/aromatic N) is 2. The van der Waals surface area contributed by atoms with E-state index in [4.69, 9.17) is 11.6 Å². The Labute approximate surface area is 128 Å². The molecule has 106 valence electrons. The summed E-state index contributed by atoms with van der Waals surface area (Å²) < 4.78 is 0. The highest BCUT2D eigenvalue weighted by Crippen LogP contribution is 2.32. The van der Waals surface area contributed by atoms with Gasteiger partial charge in [0.15, 0.2) is 11.0 Å². The summed E-state index contributed by atoms with van der Waals surface area (Å²) in [7, 11) is 0. The number of anilines is 1. The molecular weight excluding hydrogens is 290 g/mol. The number of benzene rings is 1. The van der Waals surface area contributed by atoms with Gasteiger partial charge >= 0.3 is 0 Å². The minimum absolute atomic E-state index is 0.469. The second kappa shape index (κ2) is 6.19. The molecule has 0 bridgehead atoms. The van der Waals surface area contributed by atoms with Crippen LogP contribution in [0, 0.1) is 0 Å². The van der Waals surface area contributed by atoms with E-state index in [9.17, 15) is 0 Å². The Morgan fingerprint density at radius 3 is 2.70 bits per heavy atom. The second-order valence-electron chi connectivity index (χ2n) is 5.19. The molecule has 1 aromatic heterocycles. The molecule has 2 unspecified atom stereocenters. The van der Waals surface area contributed by atoms with Crippen molar-refractivity contribution in [3.63, 3.8) is 0 Å². The Kier molecular flexibility index (Phi) is 4.32. The Balaban J connectivity index is 1.92. The van der Waals surface area contributed by atoms with Crippen LogP contribution in [0.25, 0.3) is 10.8 Å². The average molecular weight is 308 g/mol. The fraction of sp³-hybridized carbons (Fsp3) is 0.467. The molecule has 20 heavy (non-hydrogen) atoms. The minimum atomic E-state index is 0.469. The van der Waals surface area contributed by atoms with Crippen molar-refractivity contribution in [1.82, 2.24) is 10.2 Å². The van der Waals surface area contributed by atoms with Crippen LogP contribution in [0.4, 0.5) is 5.82 Å². The van der Waals surface area contributed by atoms with Gasteiger partial charge < -0.3 is 5.32 Å². The van der Waals surface area contributed by atoms with E-state index in [1.54, 1.807) is 0 Å². The zero-order valence-electron chi connectivity index (χ0n) is 11.5. The Morgan fingerprint density at radius 1 is 1.15 bits per heavy atom. The summed E-state index contributed by atoms with van der Waals surface area (Å²) in [6, 6.07) is 8.50. The van der Waals surface area contributed by atoms with Crippen LogP contribution < -0.4 is 5.32 Å². The largest absolute Gasteiger partial charge is 0.364 e. The fourth-order valence-corrected chi connectivity index (χ4v) is 4.04. The molecule has 1 aliphatic rings. The Bertz CT molecular complexity index is 605. The molecule has 3 rings (SSSR count). The van der Waals surface area contributed by atoms with E-state index in [2.05, 4.69) is 27.8 Å². The summed E-state index contributed by atoms with van der Waals surface area (Å²) in [5, 5.41) is 15.1. The highest BCUT2D eigenvalue weighted by Gasteiger charge is 2.25. The predicted octanol–water partition coefficient (Wildman–Crippen LogP) is 4.37. The first-order chi connectivity index (χ1) is 9.79. The highest BCUT2D eigenvalue weighted by molar-refractivity contribution is 7.99. The third-order valence-electron chi connectivity index (χ3n) is 3.97. The van der Waals surface area contributed by atoms with E-state index in [0.29, 0.717) is 16.4 Å². The van der Waals surface area contributed by atoms with Crippen LogP contribution in [-0.4, -0.2) is 27.7 Å². The third-order valence-corrected chi connectivity index (χ3v) is 5.42. The summed E-state index contributed by atoms with van der Waals surface area (Å²) in [4.78, 5) is 0. The zero-order chi connectivity index (χ0) is 13.9. The number of halogens is 1. The molecule has 2 atom stereocenters. The van der Waals surface area contributed by atoms with E-state index in [-0.39, 0.29) is 0 Å². The zero-order valence-corrected chi connectivity index (χ0v) is 13.0. The molecule has 2 aromatic rings. The topological polar surface area (TPSA) is 37.8 Å². The van der Waals surface area contributed by atoms with Gasteiger partial charge in [-0.15, -0.1) is 10.2 Å². The maximum atomic E-state index is 6.12. The molecule has 5 heteroatoms. The van der Waals surface area contributed by atoms with Crippen molar-refractivity contribution in [1.29, 1.82) is 0 Å². The summed E-state index contributed by atoms with van der Waals surface area (Å²) in [5.41, 5.74) is 0. The average Bonchev–Trinajstić information content (AvgIpc) is 2.51. The van der Waals surface area contributed by atoms with E-state index < -0.39 is 0 Å². The van der Waals surface area contributed by atoms with Crippen LogP contribution in [0.15, 0.2) is 24.3 Å². The first-order valence-electron chi connectivity index (χ1n) is 7.00. The fourth-order valence-electron chi connectivity index (χ4n) is 2.90. The van der Waals surface area contributed by atoms with E-state index in [1.165, 1.54) is 25.7 Å². The first kappa shape index (κ1) is 14.0. The van der Waals surface area contributed by atoms with Gasteiger partial charge in [0, 0.05) is 22.1 Å². The monoisotopic (exact) mass is 307 g/mol. The molecule has 0 spiro atoms. The van der Waals surface area contributed by atoms with Gasteiger partial charge in [0.1, 0.15) is 0 Å². The quantitative estimate of drug-likeness (QED) is 0.913. The lowest BCUT2D eigenvalue weighted by Crippen LogP contribution is -2.34. The summed E-state index contributed by atoms with van der Waals surface area (Å²) in [5.74, 6) is 0.857. The predicted molar refractivity (Wildman–Crippen MR) is 87.7 cm³/mol. The molecule has 1 N–H and O–H groups in total. The molecular formula is C15H18ClN3S. The van der Waals surface area contributed by atoms with Gasteiger partial charge in [-0.2, -0.15) is 11.8 Å². The number of nitrogens with one attached hydrogen (secondary N) is 1. The van der Waals surface area contributed by atoms with Crippen molar-refractivity contribution >= 4 is 40.0 Å². The maximum absolute atomic E-state index is 6.12. The van der Waals surface area contributed by atoms with Gasteiger partial charge in [-0.3, -0.25) is 0 Å². The number of thioether (sulfide) groups is 1. The lowest BCUT2D eigenvalue weighted by atomic mass is 9.94. The van der Waals surface area contributed by atoms with E-state index in [0.717, 1.165) is 16.6 Å². The van der Waals surface area contributed by atoms with Crippen molar-refractivity contribution in [2.75, 3.05) is 11.6 Å². The number of rotatable bonds is 3. The van der Waals surface area contributed by atoms with Gasteiger partial charge in [-0.1, -0.05) is 48.7 Å². The lowest BCUT2D eigenvalue weighted by Gasteiger charge is -2.31. The molecule has 3 nitrogen and oxygen atoms in total. The number of aromatic nitrogens is 2. The molecule has 0 amide bonds. The molecule has 1 heterocycles. The summed E-state index contributed by atoms with van der Waals surface area (Å²) >= 11 is 8.07. The van der Waals surface area contributed by atoms with Gasteiger partial charge in [-0.05, 0) is 19.1 Å². The van der Waals surface area contributed by atoms with E-state index in [1.807, 2.05) is 30.0 Å². The number of hydrogen-bond donors (Lipinski definition) is 1. The lowest BCUT2D eigenvalue weighted by molar-refractivity contribution is 0.474. The molecule has 0 radical (unpaired) electrons. The third kappa shape index (κ3) is 2.72. The van der Waals surface area contributed by atoms with Gasteiger partial charge in [-0.25, -0.2) is 0 Å². The Morgan fingerprint density at radius 2 is 1.90 bits per heavy atom. The van der Waals surface area contributed by atoms with Crippen molar-refractivity contribution < 1.29 is 0 Å². The van der Waals surface area contributed by atoms with Crippen LogP contribution in [-0.2, 0) is 0 Å². The van der Waals surface area contributed by atoms with Gasteiger partial charge in [0.25, 0.3) is 0 Å². The van der Waals surface area contributed by atoms with Gasteiger partial charge in [0.2, 0.25) is 0 Å². The van der Waals surface area contributed by atoms with Crippen molar-refractivity contribution in [3.05, 3.63) is 29.4 Å². The van der Waals surface area contributed by atoms with Crippen molar-refractivity contribution in [2.45, 2.75) is 37.0 Å². The molecule has 0 saturated heterocycles. The SMILES string of the molecule is CSC1CCCCC1Nc1nnc(Cl)c2ccccc12. The molecule has 1 fully saturated rings. The van der Waals surface area contributed by atoms with Crippen LogP contribution in [0.5, 0.6) is 0 Å². The minimum Gasteiger partial charge on any atom is -0.364 e. The maximum Gasteiger partial charge on any atom is 0.159 e. The highest BCUT2D eigenvalue weighted by atomic mass is 35.5. The number of fused-ring (bicyclic) bond motifs is 1. The van der Waals surface area contributed by atoms with Gasteiger partial charge in [0.05, 0.1) is 0 Å². The van der Waals surface area contributed by atoms with Crippen LogP contribution in [0.1, 0.15) is 25.7 Å². The summed E-state index contributed by atoms with van der Waals surface area (Å²) in [6.45, 7) is 0. The summed E-state index contributed by atoms with van der Waals surface area (Å²) in [6.07, 6.45) is 7.28. The first-order valence-corrected chi connectivity index (χ1v) is 8.66. The smallest absolute Gasteiger partial charge is 0.159 e. The normalized spacial score (nSPS) is 22.9. The standard InChI is InChI=1S/C15H18ClN3S/c1-20-13-9-5-4-8-12(13)17-15-11-7-3-2-6-10(11)14(16)18-19-15/h2-3,6-7,12-13H,4-5,8-9H2,1H3,(H,17,19). The second-order valence-corrected chi connectivity index (χ2v) is 6.63. The van der Waals surface area contributed by atoms with Crippen LogP contribution in [0.3, 0.4) is 0 Å². The Hall–Kier alpha value is -1.00. The molecule has 1 aromatic carbocycles. The van der Waals surface area contributed by atoms with Crippen molar-refractivity contribution in [3.8, 4) is 0 Å². The molecule has 0 aliphatic heterocycles. The van der Waals surface area contributed by atoms with Crippen LogP contribution in [0.2, 0.25) is 5.15 Å². The molecule has 1 saturated carbocycles. The van der Waals surface area contributed by atoms with Crippen molar-refractivity contribution in [2.24, 2.45) is 0 Å².